The van der Waals surface area contributed by atoms with Gasteiger partial charge in [-0.2, -0.15) is 0 Å². The van der Waals surface area contributed by atoms with Gasteiger partial charge in [-0.05, 0) is 68.5 Å². The molecule has 1 saturated heterocycles. The van der Waals surface area contributed by atoms with Crippen LogP contribution in [0, 0.1) is 11.2 Å². The molecule has 0 bridgehead atoms. The molecular weight excluding hydrogens is 439 g/mol. The number of rotatable bonds is 6. The summed E-state index contributed by atoms with van der Waals surface area (Å²) in [5.74, 6) is -0.0887. The minimum absolute atomic E-state index is 0.0372. The number of piperidine rings is 1. The van der Waals surface area contributed by atoms with Gasteiger partial charge in [0, 0.05) is 30.9 Å². The van der Waals surface area contributed by atoms with Gasteiger partial charge >= 0.3 is 0 Å². The van der Waals surface area contributed by atoms with Crippen LogP contribution in [0.1, 0.15) is 55.5 Å². The molecule has 2 aromatic heterocycles. The topological polar surface area (TPSA) is 59.0 Å². The van der Waals surface area contributed by atoms with Gasteiger partial charge in [0.2, 0.25) is 0 Å². The molecule has 5 nitrogen and oxygen atoms in total. The largest absolute Gasteiger partial charge is 0.339 e. The van der Waals surface area contributed by atoms with Gasteiger partial charge < -0.3 is 4.90 Å². The third-order valence-corrected chi connectivity index (χ3v) is 7.33. The highest BCUT2D eigenvalue weighted by Crippen LogP contribution is 2.50. The van der Waals surface area contributed by atoms with Crippen molar-refractivity contribution >= 4 is 5.91 Å². The lowest BCUT2D eigenvalue weighted by molar-refractivity contribution is 0.0596. The monoisotopic (exact) mass is 470 g/mol. The van der Waals surface area contributed by atoms with Crippen LogP contribution in [0.25, 0.3) is 11.4 Å². The predicted octanol–water partition coefficient (Wildman–Crippen LogP) is 6.23. The van der Waals surface area contributed by atoms with E-state index in [1.807, 2.05) is 36.1 Å². The number of carbonyl (C=O) groups is 1. The number of aromatic nitrogens is 3. The smallest absolute Gasteiger partial charge is 0.256 e. The summed E-state index contributed by atoms with van der Waals surface area (Å²) in [6.07, 6.45) is 12.7. The molecule has 1 aliphatic rings. The second-order valence-corrected chi connectivity index (χ2v) is 9.09. The molecule has 4 rings (SSSR count). The first-order valence-electron chi connectivity index (χ1n) is 12.0. The maximum absolute atomic E-state index is 13.6. The summed E-state index contributed by atoms with van der Waals surface area (Å²) in [4.78, 5) is 28.2. The highest BCUT2D eigenvalue weighted by Gasteiger charge is 2.42. The number of carbonyl (C=O) groups excluding carboxylic acids is 1. The zero-order valence-electron chi connectivity index (χ0n) is 20.5. The van der Waals surface area contributed by atoms with Crippen LogP contribution in [0.2, 0.25) is 0 Å². The zero-order valence-corrected chi connectivity index (χ0v) is 20.5. The van der Waals surface area contributed by atoms with Crippen molar-refractivity contribution in [1.82, 2.24) is 19.9 Å². The molecule has 0 radical (unpaired) electrons. The van der Waals surface area contributed by atoms with Crippen molar-refractivity contribution in [2.45, 2.75) is 39.5 Å². The van der Waals surface area contributed by atoms with E-state index >= 15 is 0 Å². The first-order chi connectivity index (χ1) is 17.0. The molecule has 0 N–H and O–H groups in total. The number of allylic oxidation sites excluding steroid dienone is 4. The lowest BCUT2D eigenvalue weighted by atomic mass is 9.63. The van der Waals surface area contributed by atoms with Crippen molar-refractivity contribution in [3.8, 4) is 11.4 Å². The number of hydrogen-bond acceptors (Lipinski definition) is 4. The molecule has 1 atom stereocenters. The Kier molecular flexibility index (Phi) is 7.49. The van der Waals surface area contributed by atoms with E-state index in [0.717, 1.165) is 18.4 Å². The molecule has 0 spiro atoms. The lowest BCUT2D eigenvalue weighted by Gasteiger charge is -2.47. The van der Waals surface area contributed by atoms with Gasteiger partial charge in [0.1, 0.15) is 17.8 Å². The molecule has 3 aromatic rings. The molecule has 1 amide bonds. The molecule has 0 saturated carbocycles. The quantitative estimate of drug-likeness (QED) is 0.401. The standard InChI is InChI=1S/C29H31FN4O/c1-4-5-7-21(2)29(22(3)23-9-11-24(30)12-10-23)14-18-34(19-15-29)28(35)25-8-6-16-32-27(25)26-13-17-31-20-33-26/h4-13,16-17,20,22H,14-15,18-19H2,1-3H3/b5-4-,21-7?/t22-/m1/s1. The lowest BCUT2D eigenvalue weighted by Crippen LogP contribution is -2.46. The molecule has 35 heavy (non-hydrogen) atoms. The Morgan fingerprint density at radius 3 is 2.49 bits per heavy atom. The minimum atomic E-state index is -0.229. The molecule has 1 aliphatic heterocycles. The Morgan fingerprint density at radius 1 is 1.09 bits per heavy atom. The number of pyridine rings is 1. The number of nitrogens with zero attached hydrogens (tertiary/aromatic N) is 4. The van der Waals surface area contributed by atoms with Gasteiger partial charge in [0.25, 0.3) is 5.91 Å². The summed E-state index contributed by atoms with van der Waals surface area (Å²) in [5, 5.41) is 0. The van der Waals surface area contributed by atoms with Crippen molar-refractivity contribution in [2.24, 2.45) is 5.41 Å². The molecular formula is C29H31FN4O. The number of benzene rings is 1. The normalized spacial score (nSPS) is 16.9. The third-order valence-electron chi connectivity index (χ3n) is 7.33. The van der Waals surface area contributed by atoms with E-state index < -0.39 is 0 Å². The van der Waals surface area contributed by atoms with Crippen LogP contribution in [0.5, 0.6) is 0 Å². The van der Waals surface area contributed by atoms with Crippen molar-refractivity contribution in [2.75, 3.05) is 13.1 Å². The van der Waals surface area contributed by atoms with Crippen molar-refractivity contribution in [3.05, 3.63) is 102 Å². The van der Waals surface area contributed by atoms with Crippen molar-refractivity contribution in [3.63, 3.8) is 0 Å². The second kappa shape index (κ2) is 10.7. The summed E-state index contributed by atoms with van der Waals surface area (Å²) < 4.78 is 13.6. The summed E-state index contributed by atoms with van der Waals surface area (Å²) in [5.41, 5.74) is 4.01. The van der Waals surface area contributed by atoms with Gasteiger partial charge in [-0.3, -0.25) is 9.78 Å². The highest BCUT2D eigenvalue weighted by molar-refractivity contribution is 5.99. The number of likely N-dealkylation sites (tertiary alicyclic amines) is 1. The Labute approximate surface area is 206 Å². The van der Waals surface area contributed by atoms with E-state index in [1.54, 1.807) is 24.5 Å². The zero-order chi connectivity index (χ0) is 24.8. The van der Waals surface area contributed by atoms with Crippen LogP contribution in [0.4, 0.5) is 4.39 Å². The van der Waals surface area contributed by atoms with E-state index in [-0.39, 0.29) is 23.1 Å². The average Bonchev–Trinajstić information content (AvgIpc) is 2.92. The van der Waals surface area contributed by atoms with E-state index in [9.17, 15) is 9.18 Å². The molecule has 3 heterocycles. The van der Waals surface area contributed by atoms with Gasteiger partial charge in [-0.1, -0.05) is 42.9 Å². The maximum Gasteiger partial charge on any atom is 0.256 e. The van der Waals surface area contributed by atoms with E-state index in [2.05, 4.69) is 41.0 Å². The SMILES string of the molecule is C/C=C\C=C(C)C1([C@H](C)c2ccc(F)cc2)CCN(C(=O)c2cccnc2-c2ccncn2)CC1. The Bertz CT molecular complexity index is 1210. The number of halogens is 1. The van der Waals surface area contributed by atoms with E-state index in [1.165, 1.54) is 24.0 Å². The number of amides is 1. The molecule has 1 aromatic carbocycles. The number of hydrogen-bond donors (Lipinski definition) is 0. The summed E-state index contributed by atoms with van der Waals surface area (Å²) in [6, 6.07) is 12.2. The minimum Gasteiger partial charge on any atom is -0.339 e. The summed E-state index contributed by atoms with van der Waals surface area (Å²) in [7, 11) is 0. The Morgan fingerprint density at radius 2 is 1.83 bits per heavy atom. The molecule has 6 heteroatoms. The fourth-order valence-electron chi connectivity index (χ4n) is 5.14. The molecule has 180 valence electrons. The van der Waals surface area contributed by atoms with Crippen LogP contribution < -0.4 is 0 Å². The van der Waals surface area contributed by atoms with E-state index in [0.29, 0.717) is 30.0 Å². The van der Waals surface area contributed by atoms with Crippen LogP contribution in [-0.2, 0) is 0 Å². The van der Waals surface area contributed by atoms with Gasteiger partial charge in [0.05, 0.1) is 11.3 Å². The summed E-state index contributed by atoms with van der Waals surface area (Å²) >= 11 is 0. The van der Waals surface area contributed by atoms with Gasteiger partial charge in [-0.15, -0.1) is 0 Å². The fourth-order valence-corrected chi connectivity index (χ4v) is 5.14. The highest BCUT2D eigenvalue weighted by atomic mass is 19.1. The average molecular weight is 471 g/mol. The first kappa shape index (κ1) is 24.5. The molecule has 1 fully saturated rings. The Balaban J connectivity index is 1.61. The van der Waals surface area contributed by atoms with Crippen molar-refractivity contribution in [1.29, 1.82) is 0 Å². The maximum atomic E-state index is 13.6. The molecule has 0 aliphatic carbocycles. The third kappa shape index (κ3) is 5.06. The fraction of sp³-hybridized carbons (Fsp3) is 0.310. The second-order valence-electron chi connectivity index (χ2n) is 9.09. The Hall–Kier alpha value is -3.67. The van der Waals surface area contributed by atoms with Gasteiger partial charge in [0.15, 0.2) is 0 Å². The predicted molar refractivity (Wildman–Crippen MR) is 136 cm³/mol. The summed E-state index contributed by atoms with van der Waals surface area (Å²) in [6.45, 7) is 7.65. The van der Waals surface area contributed by atoms with Crippen LogP contribution in [0.3, 0.4) is 0 Å². The van der Waals surface area contributed by atoms with E-state index in [4.69, 9.17) is 0 Å². The van der Waals surface area contributed by atoms with Crippen molar-refractivity contribution < 1.29 is 9.18 Å². The van der Waals surface area contributed by atoms with Crippen LogP contribution >= 0.6 is 0 Å². The van der Waals surface area contributed by atoms with Crippen LogP contribution in [-0.4, -0.2) is 38.8 Å². The first-order valence-corrected chi connectivity index (χ1v) is 12.0. The van der Waals surface area contributed by atoms with Gasteiger partial charge in [-0.25, -0.2) is 14.4 Å². The van der Waals surface area contributed by atoms with Crippen LogP contribution in [0.15, 0.2) is 85.0 Å². The molecule has 0 unspecified atom stereocenters.